The predicted molar refractivity (Wildman–Crippen MR) is 78.5 cm³/mol. The molecule has 0 aliphatic heterocycles. The lowest BCUT2D eigenvalue weighted by Crippen LogP contribution is -2.40. The molecule has 4 nitrogen and oxygen atoms in total. The Morgan fingerprint density at radius 3 is 2.85 bits per heavy atom. The van der Waals surface area contributed by atoms with Crippen LogP contribution in [-0.2, 0) is 6.54 Å². The van der Waals surface area contributed by atoms with Gasteiger partial charge in [0.1, 0.15) is 0 Å². The lowest BCUT2D eigenvalue weighted by Gasteiger charge is -2.28. The van der Waals surface area contributed by atoms with E-state index in [1.54, 1.807) is 6.20 Å². The van der Waals surface area contributed by atoms with Crippen LogP contribution < -0.4 is 5.32 Å². The summed E-state index contributed by atoms with van der Waals surface area (Å²) in [5, 5.41) is 7.46. The normalized spacial score (nSPS) is 29.6. The van der Waals surface area contributed by atoms with Crippen molar-refractivity contribution < 1.29 is 4.79 Å². The van der Waals surface area contributed by atoms with Gasteiger partial charge in [-0.2, -0.15) is 5.10 Å². The molecular weight excluding hydrogens is 250 g/mol. The Bertz CT molecular complexity index is 508. The molecule has 1 N–H and O–H groups in total. The van der Waals surface area contributed by atoms with Crippen molar-refractivity contribution in [2.75, 3.05) is 0 Å². The van der Waals surface area contributed by atoms with E-state index >= 15 is 0 Å². The Morgan fingerprint density at radius 1 is 1.50 bits per heavy atom. The fourth-order valence-electron chi connectivity index (χ4n) is 4.29. The van der Waals surface area contributed by atoms with Gasteiger partial charge in [0.15, 0.2) is 0 Å². The molecule has 4 heteroatoms. The fraction of sp³-hybridized carbons (Fsp3) is 0.750. The highest BCUT2D eigenvalue weighted by Gasteiger charge is 2.42. The molecular formula is C16H25N3O. The molecule has 2 saturated carbocycles. The van der Waals surface area contributed by atoms with Crippen LogP contribution in [0.4, 0.5) is 0 Å². The van der Waals surface area contributed by atoms with E-state index in [-0.39, 0.29) is 11.9 Å². The van der Waals surface area contributed by atoms with E-state index in [1.165, 1.54) is 25.7 Å². The molecule has 20 heavy (non-hydrogen) atoms. The van der Waals surface area contributed by atoms with Gasteiger partial charge in [-0.3, -0.25) is 9.48 Å². The quantitative estimate of drug-likeness (QED) is 0.918. The van der Waals surface area contributed by atoms with Gasteiger partial charge in [-0.25, -0.2) is 0 Å². The first-order valence-electron chi connectivity index (χ1n) is 7.93. The summed E-state index contributed by atoms with van der Waals surface area (Å²) in [4.78, 5) is 12.4. The molecule has 4 atom stereocenters. The van der Waals surface area contributed by atoms with Crippen molar-refractivity contribution in [3.63, 3.8) is 0 Å². The summed E-state index contributed by atoms with van der Waals surface area (Å²) in [5.74, 6) is 2.49. The number of nitrogens with one attached hydrogen (secondary N) is 1. The Morgan fingerprint density at radius 2 is 2.30 bits per heavy atom. The molecule has 0 unspecified atom stereocenters. The molecule has 1 aromatic heterocycles. The number of nitrogens with zero attached hydrogens (tertiary/aromatic N) is 2. The first-order chi connectivity index (χ1) is 9.60. The molecule has 2 aliphatic rings. The Hall–Kier alpha value is -1.32. The molecule has 1 aromatic rings. The van der Waals surface area contributed by atoms with E-state index in [0.717, 1.165) is 29.6 Å². The summed E-state index contributed by atoms with van der Waals surface area (Å²) < 4.78 is 1.87. The van der Waals surface area contributed by atoms with Crippen LogP contribution in [0.15, 0.2) is 6.20 Å². The zero-order chi connectivity index (χ0) is 14.3. The van der Waals surface area contributed by atoms with Crippen LogP contribution >= 0.6 is 0 Å². The van der Waals surface area contributed by atoms with Gasteiger partial charge in [0.2, 0.25) is 0 Å². The number of rotatable bonds is 4. The first kappa shape index (κ1) is 13.7. The minimum absolute atomic E-state index is 0.0393. The molecule has 2 bridgehead atoms. The third-order valence-corrected chi connectivity index (χ3v) is 5.44. The zero-order valence-electron chi connectivity index (χ0n) is 12.7. The van der Waals surface area contributed by atoms with Crippen LogP contribution in [0.5, 0.6) is 0 Å². The van der Waals surface area contributed by atoms with Crippen LogP contribution in [0, 0.1) is 24.7 Å². The van der Waals surface area contributed by atoms with Crippen LogP contribution in [0.3, 0.4) is 0 Å². The van der Waals surface area contributed by atoms with Crippen molar-refractivity contribution in [2.24, 2.45) is 17.8 Å². The van der Waals surface area contributed by atoms with Gasteiger partial charge in [0.25, 0.3) is 5.91 Å². The highest BCUT2D eigenvalue weighted by molar-refractivity contribution is 5.95. The molecule has 0 spiro atoms. The number of carbonyl (C=O) groups is 1. The third-order valence-electron chi connectivity index (χ3n) is 5.44. The van der Waals surface area contributed by atoms with Crippen molar-refractivity contribution in [2.45, 2.75) is 59.0 Å². The Labute approximate surface area is 120 Å². The fourth-order valence-corrected chi connectivity index (χ4v) is 4.29. The molecule has 2 aliphatic carbocycles. The molecule has 0 radical (unpaired) electrons. The van der Waals surface area contributed by atoms with Crippen molar-refractivity contribution in [3.8, 4) is 0 Å². The van der Waals surface area contributed by atoms with E-state index in [2.05, 4.69) is 17.3 Å². The van der Waals surface area contributed by atoms with Crippen molar-refractivity contribution in [3.05, 3.63) is 17.5 Å². The number of carbonyl (C=O) groups excluding carboxylic acids is 1. The third kappa shape index (κ3) is 2.25. The van der Waals surface area contributed by atoms with Crippen molar-refractivity contribution in [1.29, 1.82) is 0 Å². The van der Waals surface area contributed by atoms with Gasteiger partial charge in [0, 0.05) is 18.3 Å². The summed E-state index contributed by atoms with van der Waals surface area (Å²) in [6, 6.07) is 0.280. The summed E-state index contributed by atoms with van der Waals surface area (Å²) in [6.07, 6.45) is 7.16. The topological polar surface area (TPSA) is 46.9 Å². The first-order valence-corrected chi connectivity index (χ1v) is 7.93. The molecule has 1 amide bonds. The highest BCUT2D eigenvalue weighted by atomic mass is 16.1. The van der Waals surface area contributed by atoms with Crippen LogP contribution in [0.1, 0.15) is 55.6 Å². The number of aryl methyl sites for hydroxylation is 1. The van der Waals surface area contributed by atoms with Gasteiger partial charge in [-0.15, -0.1) is 0 Å². The zero-order valence-corrected chi connectivity index (χ0v) is 12.7. The van der Waals surface area contributed by atoms with Gasteiger partial charge >= 0.3 is 0 Å². The lowest BCUT2D eigenvalue weighted by atomic mass is 9.84. The Kier molecular flexibility index (Phi) is 3.57. The van der Waals surface area contributed by atoms with Crippen molar-refractivity contribution >= 4 is 5.91 Å². The van der Waals surface area contributed by atoms with Gasteiger partial charge in [-0.1, -0.05) is 6.42 Å². The highest BCUT2D eigenvalue weighted by Crippen LogP contribution is 2.49. The summed E-state index contributed by atoms with van der Waals surface area (Å²) in [5.41, 5.74) is 1.69. The second kappa shape index (κ2) is 5.23. The van der Waals surface area contributed by atoms with E-state index in [4.69, 9.17) is 0 Å². The molecule has 110 valence electrons. The largest absolute Gasteiger partial charge is 0.349 e. The van der Waals surface area contributed by atoms with Crippen LogP contribution in [0.25, 0.3) is 0 Å². The van der Waals surface area contributed by atoms with Crippen LogP contribution in [0.2, 0.25) is 0 Å². The predicted octanol–water partition coefficient (Wildman–Crippen LogP) is 2.77. The Balaban J connectivity index is 1.65. The van der Waals surface area contributed by atoms with Gasteiger partial charge in [0.05, 0.1) is 11.8 Å². The molecule has 2 fully saturated rings. The smallest absolute Gasteiger partial charge is 0.254 e. The molecule has 0 saturated heterocycles. The van der Waals surface area contributed by atoms with E-state index in [1.807, 2.05) is 18.5 Å². The van der Waals surface area contributed by atoms with Crippen LogP contribution in [-0.4, -0.2) is 21.7 Å². The van der Waals surface area contributed by atoms with E-state index < -0.39 is 0 Å². The standard InChI is InChI=1S/C16H25N3O/c1-4-19-11(3)15(9-17-19)16(20)18-10(2)14-8-12-5-6-13(14)7-12/h9-10,12-14H,4-8H2,1-3H3,(H,18,20)/t10-,12+,13+,14-/m0/s1. The van der Waals surface area contributed by atoms with Gasteiger partial charge in [-0.05, 0) is 57.8 Å². The monoisotopic (exact) mass is 275 g/mol. The minimum atomic E-state index is 0.0393. The van der Waals surface area contributed by atoms with E-state index in [9.17, 15) is 4.79 Å². The maximum atomic E-state index is 12.4. The van der Waals surface area contributed by atoms with E-state index in [0.29, 0.717) is 5.92 Å². The average molecular weight is 275 g/mol. The second-order valence-electron chi connectivity index (χ2n) is 6.56. The summed E-state index contributed by atoms with van der Waals surface area (Å²) in [6.45, 7) is 6.98. The molecule has 3 rings (SSSR count). The lowest BCUT2D eigenvalue weighted by molar-refractivity contribution is 0.0914. The number of hydrogen-bond acceptors (Lipinski definition) is 2. The van der Waals surface area contributed by atoms with Gasteiger partial charge < -0.3 is 5.32 Å². The van der Waals surface area contributed by atoms with Crippen molar-refractivity contribution in [1.82, 2.24) is 15.1 Å². The number of aromatic nitrogens is 2. The maximum Gasteiger partial charge on any atom is 0.254 e. The SMILES string of the molecule is CCn1ncc(C(=O)N[C@@H](C)[C@@H]2C[C@@H]3CC[C@@H]2C3)c1C. The minimum Gasteiger partial charge on any atom is -0.349 e. The molecule has 1 heterocycles. The number of amides is 1. The second-order valence-corrected chi connectivity index (χ2v) is 6.56. The molecule has 0 aromatic carbocycles. The average Bonchev–Trinajstić information content (AvgIpc) is 3.12. The number of hydrogen-bond donors (Lipinski definition) is 1. The summed E-state index contributed by atoms with van der Waals surface area (Å²) in [7, 11) is 0. The maximum absolute atomic E-state index is 12.4. The number of fused-ring (bicyclic) bond motifs is 2. The summed E-state index contributed by atoms with van der Waals surface area (Å²) >= 11 is 0.